The minimum atomic E-state index is -1.12. The number of fused-ring (bicyclic) bond motifs is 26. The summed E-state index contributed by atoms with van der Waals surface area (Å²) in [5, 5.41) is 17.6. The third-order valence-electron chi connectivity index (χ3n) is 24.0. The van der Waals surface area contributed by atoms with Crippen molar-refractivity contribution < 1.29 is 17.7 Å². The van der Waals surface area contributed by atoms with Crippen LogP contribution in [0.25, 0.3) is 153 Å². The number of benzene rings is 18. The van der Waals surface area contributed by atoms with Crippen molar-refractivity contribution in [2.75, 3.05) is 9.80 Å². The Morgan fingerprint density at radius 1 is 0.176 bits per heavy atom. The second kappa shape index (κ2) is 22.2. The van der Waals surface area contributed by atoms with Crippen molar-refractivity contribution in [2.24, 2.45) is 0 Å². The Bertz CT molecular complexity index is 6930. The van der Waals surface area contributed by atoms with E-state index in [-0.39, 0.29) is 0 Å². The molecule has 4 aromatic heterocycles. The second-order valence-corrected chi connectivity index (χ2v) is 29.2. The van der Waals surface area contributed by atoms with Gasteiger partial charge in [-0.15, -0.1) is 0 Å². The van der Waals surface area contributed by atoms with Gasteiger partial charge in [0.25, 0.3) is 0 Å². The van der Waals surface area contributed by atoms with Crippen molar-refractivity contribution in [2.45, 2.75) is 10.8 Å². The molecule has 2 aliphatic rings. The molecule has 24 rings (SSSR count). The van der Waals surface area contributed by atoms with Gasteiger partial charge in [-0.3, -0.25) is 0 Å². The second-order valence-electron chi connectivity index (χ2n) is 29.2. The van der Waals surface area contributed by atoms with Crippen molar-refractivity contribution >= 4 is 165 Å². The molecule has 0 N–H and O–H groups in total. The Morgan fingerprint density at radius 3 is 0.769 bits per heavy atom. The molecule has 4 heterocycles. The fourth-order valence-corrected chi connectivity index (χ4v) is 19.7. The summed E-state index contributed by atoms with van der Waals surface area (Å²) in [6.07, 6.45) is 0. The molecule has 0 radical (unpaired) electrons. The minimum absolute atomic E-state index is 0.827. The van der Waals surface area contributed by atoms with Gasteiger partial charge in [-0.1, -0.05) is 255 Å². The third kappa shape index (κ3) is 7.94. The molecule has 2 atom stereocenters. The zero-order chi connectivity index (χ0) is 70.5. The van der Waals surface area contributed by atoms with Crippen LogP contribution >= 0.6 is 0 Å². The van der Waals surface area contributed by atoms with Gasteiger partial charge in [0.2, 0.25) is 0 Å². The smallest absolute Gasteiger partial charge is 0.135 e. The van der Waals surface area contributed by atoms with E-state index >= 15 is 0 Å². The number of hydrogen-bond donors (Lipinski definition) is 0. The molecule has 502 valence electrons. The predicted octanol–water partition coefficient (Wildman–Crippen LogP) is 28.2. The van der Waals surface area contributed by atoms with Crippen LogP contribution in [0.15, 0.2) is 382 Å². The molecule has 0 saturated carbocycles. The largest absolute Gasteiger partial charge is 0.456 e. The van der Waals surface area contributed by atoms with Crippen LogP contribution in [0, 0.1) is 0 Å². The van der Waals surface area contributed by atoms with Gasteiger partial charge in [-0.05, 0) is 197 Å². The van der Waals surface area contributed by atoms with E-state index in [1.54, 1.807) is 0 Å². The molecule has 6 heteroatoms. The topological polar surface area (TPSA) is 59.0 Å². The van der Waals surface area contributed by atoms with E-state index < -0.39 is 10.8 Å². The molecular formula is C102H60N2O4. The number of hydrogen-bond acceptors (Lipinski definition) is 6. The molecule has 2 unspecified atom stereocenters. The monoisotopic (exact) mass is 1380 g/mol. The number of rotatable bonds is 9. The van der Waals surface area contributed by atoms with Gasteiger partial charge in [0, 0.05) is 76.6 Å². The normalized spacial score (nSPS) is 15.3. The number of anilines is 6. The van der Waals surface area contributed by atoms with E-state index in [2.05, 4.69) is 374 Å². The van der Waals surface area contributed by atoms with Crippen molar-refractivity contribution in [3.8, 4) is 22.3 Å². The lowest BCUT2D eigenvalue weighted by Gasteiger charge is -2.51. The van der Waals surface area contributed by atoms with Crippen LogP contribution in [-0.4, -0.2) is 0 Å². The Hall–Kier alpha value is -14.2. The molecule has 0 fully saturated rings. The lowest BCUT2D eigenvalue weighted by atomic mass is 9.49. The van der Waals surface area contributed by atoms with Crippen LogP contribution in [0.2, 0.25) is 0 Å². The van der Waals surface area contributed by atoms with E-state index in [1.807, 2.05) is 0 Å². The highest BCUT2D eigenvalue weighted by atomic mass is 16.3. The van der Waals surface area contributed by atoms with Crippen molar-refractivity contribution in [1.82, 2.24) is 0 Å². The van der Waals surface area contributed by atoms with Crippen LogP contribution in [0.5, 0.6) is 0 Å². The van der Waals surface area contributed by atoms with E-state index in [0.717, 1.165) is 155 Å². The summed E-state index contributed by atoms with van der Waals surface area (Å²) in [6, 6.07) is 135. The van der Waals surface area contributed by atoms with Crippen molar-refractivity contribution in [1.29, 1.82) is 0 Å². The molecule has 0 amide bonds. The van der Waals surface area contributed by atoms with Crippen LogP contribution in [0.1, 0.15) is 33.4 Å². The van der Waals surface area contributed by atoms with Crippen molar-refractivity contribution in [3.63, 3.8) is 0 Å². The van der Waals surface area contributed by atoms with Gasteiger partial charge in [0.1, 0.15) is 44.7 Å². The summed E-state index contributed by atoms with van der Waals surface area (Å²) in [5.74, 6) is 0. The Kier molecular flexibility index (Phi) is 12.2. The van der Waals surface area contributed by atoms with E-state index in [4.69, 9.17) is 17.7 Å². The van der Waals surface area contributed by atoms with Crippen molar-refractivity contribution in [3.05, 3.63) is 397 Å². The number of nitrogens with zero attached hydrogens (tertiary/aromatic N) is 2. The summed E-state index contributed by atoms with van der Waals surface area (Å²) in [6.45, 7) is 0. The summed E-state index contributed by atoms with van der Waals surface area (Å²) in [4.78, 5) is 5.04. The lowest BCUT2D eigenvalue weighted by molar-refractivity contribution is 0.438. The lowest BCUT2D eigenvalue weighted by Crippen LogP contribution is -2.50. The maximum absolute atomic E-state index is 6.68. The SMILES string of the molecule is c1ccc(C2(C3(c4ccccc4)c4ccc5ccccc5c4-c4c3cc(N(c3ccc5oc6ccccc6c5c3)c3ccc5oc6ccccc6c5c3)c3ccccc43)c3ccc4ccccc4c3-c3c2cc(N(c2ccc4oc5ccccc5c4c2)c2ccc4oc5ccccc5c4c2)c2ccccc32)cc1. The third-order valence-corrected chi connectivity index (χ3v) is 24.0. The first-order valence-electron chi connectivity index (χ1n) is 37.1. The molecule has 2 aliphatic carbocycles. The Balaban J connectivity index is 0.895. The predicted molar refractivity (Wildman–Crippen MR) is 445 cm³/mol. The Labute approximate surface area is 619 Å². The zero-order valence-corrected chi connectivity index (χ0v) is 58.2. The van der Waals surface area contributed by atoms with Gasteiger partial charge < -0.3 is 27.5 Å². The van der Waals surface area contributed by atoms with Gasteiger partial charge in [-0.2, -0.15) is 0 Å². The van der Waals surface area contributed by atoms with Gasteiger partial charge in [0.15, 0.2) is 0 Å². The quantitative estimate of drug-likeness (QED) is 0.144. The molecular weight excluding hydrogens is 1320 g/mol. The van der Waals surface area contributed by atoms with Gasteiger partial charge in [0.05, 0.1) is 22.2 Å². The average Bonchev–Trinajstić information content (AvgIpc) is 1.46. The van der Waals surface area contributed by atoms with Crippen LogP contribution < -0.4 is 9.80 Å². The first-order chi connectivity index (χ1) is 53.5. The molecule has 0 saturated heterocycles. The maximum atomic E-state index is 6.68. The van der Waals surface area contributed by atoms with Gasteiger partial charge >= 0.3 is 0 Å². The number of para-hydroxylation sites is 4. The van der Waals surface area contributed by atoms with Crippen LogP contribution in [-0.2, 0) is 10.8 Å². The standard InChI is InChI=1S/C102H60N2O4/c1-3-25-63(26-4-1)101(83-49-43-61-23-7-9-29-69(61)97(83)99-77-37-13-11-31-71(77)87(59-85(99)101)103(65-45-51-93-79(55-65)73-33-15-19-39-89(73)105-93)66-46-52-94-80(56-66)74-34-16-20-40-90(74)106-94)102(64-27-5-2-6-28-64)84-50-44-62-24-8-10-30-70(62)98(84)100-78-38-14-12-32-72(78)88(60-86(100)102)104(67-47-53-95-81(57-67)75-35-17-21-41-91(75)107-95)68-48-54-96-82(58-68)76-36-18-22-42-92(76)108-96/h1-60H. The summed E-state index contributed by atoms with van der Waals surface area (Å²) < 4.78 is 26.7. The highest BCUT2D eigenvalue weighted by Crippen LogP contribution is 2.73. The van der Waals surface area contributed by atoms with Crippen LogP contribution in [0.3, 0.4) is 0 Å². The van der Waals surface area contributed by atoms with E-state index in [9.17, 15) is 0 Å². The molecule has 0 aliphatic heterocycles. The molecule has 108 heavy (non-hydrogen) atoms. The molecule has 18 aromatic carbocycles. The zero-order valence-electron chi connectivity index (χ0n) is 58.2. The summed E-state index contributed by atoms with van der Waals surface area (Å²) in [7, 11) is 0. The van der Waals surface area contributed by atoms with Crippen LogP contribution in [0.4, 0.5) is 34.1 Å². The first kappa shape index (κ1) is 59.2. The molecule has 0 spiro atoms. The summed E-state index contributed by atoms with van der Waals surface area (Å²) >= 11 is 0. The molecule has 22 aromatic rings. The average molecular weight is 1380 g/mol. The maximum Gasteiger partial charge on any atom is 0.135 e. The van der Waals surface area contributed by atoms with E-state index in [1.165, 1.54) is 66.1 Å². The molecule has 0 bridgehead atoms. The number of furan rings is 4. The minimum Gasteiger partial charge on any atom is -0.456 e. The summed E-state index contributed by atoms with van der Waals surface area (Å²) in [5.41, 5.74) is 22.4. The highest BCUT2D eigenvalue weighted by Gasteiger charge is 2.65. The van der Waals surface area contributed by atoms with Gasteiger partial charge in [-0.25, -0.2) is 0 Å². The first-order valence-corrected chi connectivity index (χ1v) is 37.1. The Morgan fingerprint density at radius 2 is 0.435 bits per heavy atom. The molecule has 6 nitrogen and oxygen atoms in total. The fraction of sp³-hybridized carbons (Fsp3) is 0.0196. The fourth-order valence-electron chi connectivity index (χ4n) is 19.7. The highest BCUT2D eigenvalue weighted by molar-refractivity contribution is 6.21. The van der Waals surface area contributed by atoms with E-state index in [0.29, 0.717) is 0 Å².